The third-order valence-electron chi connectivity index (χ3n) is 3.17. The van der Waals surface area contributed by atoms with Crippen LogP contribution in [0.15, 0.2) is 42.5 Å². The van der Waals surface area contributed by atoms with Crippen molar-refractivity contribution in [3.8, 4) is 0 Å². The number of hydrogen-bond acceptors (Lipinski definition) is 2. The molecule has 0 aliphatic heterocycles. The Kier molecular flexibility index (Phi) is 4.97. The lowest BCUT2D eigenvalue weighted by molar-refractivity contribution is -0.145. The number of alkyl halides is 1. The van der Waals surface area contributed by atoms with Crippen molar-refractivity contribution in [3.63, 3.8) is 0 Å². The van der Waals surface area contributed by atoms with E-state index in [2.05, 4.69) is 34.1 Å². The van der Waals surface area contributed by atoms with Gasteiger partial charge in [0.2, 0.25) is 0 Å². The van der Waals surface area contributed by atoms with Gasteiger partial charge < -0.3 is 4.74 Å². The Morgan fingerprint density at radius 2 is 1.95 bits per heavy atom. The van der Waals surface area contributed by atoms with E-state index in [0.717, 1.165) is 28.1 Å². The molecule has 2 aromatic carbocycles. The van der Waals surface area contributed by atoms with Crippen molar-refractivity contribution in [2.24, 2.45) is 0 Å². The van der Waals surface area contributed by atoms with Gasteiger partial charge in [0.25, 0.3) is 0 Å². The lowest BCUT2D eigenvalue weighted by Gasteiger charge is -2.17. The summed E-state index contributed by atoms with van der Waals surface area (Å²) in [5, 5.41) is 3.06. The van der Waals surface area contributed by atoms with Gasteiger partial charge in [0.05, 0.1) is 12.5 Å². The second-order valence-corrected chi connectivity index (χ2v) is 5.14. The largest absolute Gasteiger partial charge is 0.466 e. The van der Waals surface area contributed by atoms with Crippen LogP contribution in [0.3, 0.4) is 0 Å². The maximum absolute atomic E-state index is 12.1. The molecule has 0 radical (unpaired) electrons. The molecule has 1 unspecified atom stereocenters. The van der Waals surface area contributed by atoms with Gasteiger partial charge in [-0.05, 0) is 29.7 Å². The topological polar surface area (TPSA) is 26.3 Å². The fraction of sp³-hybridized carbons (Fsp3) is 0.312. The molecule has 0 aromatic heterocycles. The fourth-order valence-electron chi connectivity index (χ4n) is 2.31. The molecule has 0 saturated heterocycles. The highest BCUT2D eigenvalue weighted by atomic mass is 79.9. The Morgan fingerprint density at radius 3 is 2.68 bits per heavy atom. The van der Waals surface area contributed by atoms with Crippen molar-refractivity contribution in [3.05, 3.63) is 48.0 Å². The van der Waals surface area contributed by atoms with Crippen molar-refractivity contribution in [1.29, 1.82) is 0 Å². The quantitative estimate of drug-likeness (QED) is 0.607. The van der Waals surface area contributed by atoms with Gasteiger partial charge in [-0.25, -0.2) is 0 Å². The fourth-order valence-corrected chi connectivity index (χ4v) is 2.76. The molecular weight excluding hydrogens is 304 g/mol. The van der Waals surface area contributed by atoms with E-state index in [1.807, 2.05) is 31.2 Å². The van der Waals surface area contributed by atoms with E-state index in [1.54, 1.807) is 0 Å². The maximum atomic E-state index is 12.1. The number of benzene rings is 2. The van der Waals surface area contributed by atoms with E-state index >= 15 is 0 Å². The Balaban J connectivity index is 2.46. The Hall–Kier alpha value is -1.35. The number of esters is 1. The van der Waals surface area contributed by atoms with Crippen LogP contribution in [-0.2, 0) is 9.53 Å². The molecule has 0 N–H and O–H groups in total. The zero-order valence-electron chi connectivity index (χ0n) is 10.9. The molecule has 0 heterocycles. The summed E-state index contributed by atoms with van der Waals surface area (Å²) in [6.45, 7) is 2.26. The molecule has 0 saturated carbocycles. The first kappa shape index (κ1) is 14.1. The molecule has 2 rings (SSSR count). The third-order valence-corrected chi connectivity index (χ3v) is 3.63. The van der Waals surface area contributed by atoms with Gasteiger partial charge in [-0.15, -0.1) is 0 Å². The second kappa shape index (κ2) is 6.71. The minimum atomic E-state index is -0.203. The van der Waals surface area contributed by atoms with Crippen molar-refractivity contribution in [2.75, 3.05) is 11.9 Å². The van der Waals surface area contributed by atoms with Crippen molar-refractivity contribution in [1.82, 2.24) is 0 Å². The average molecular weight is 321 g/mol. The average Bonchev–Trinajstić information content (AvgIpc) is 2.44. The Labute approximate surface area is 121 Å². The summed E-state index contributed by atoms with van der Waals surface area (Å²) < 4.78 is 5.20. The van der Waals surface area contributed by atoms with E-state index < -0.39 is 0 Å². The monoisotopic (exact) mass is 320 g/mol. The predicted octanol–water partition coefficient (Wildman–Crippen LogP) is 4.27. The molecular formula is C16H17BrO2. The van der Waals surface area contributed by atoms with Crippen LogP contribution in [0, 0.1) is 0 Å². The first-order valence-electron chi connectivity index (χ1n) is 6.48. The van der Waals surface area contributed by atoms with E-state index in [4.69, 9.17) is 4.74 Å². The molecule has 0 aliphatic carbocycles. The van der Waals surface area contributed by atoms with Crippen LogP contribution >= 0.6 is 15.9 Å². The molecule has 19 heavy (non-hydrogen) atoms. The first-order valence-corrected chi connectivity index (χ1v) is 7.60. The van der Waals surface area contributed by atoms with E-state index in [0.29, 0.717) is 6.61 Å². The van der Waals surface area contributed by atoms with Gasteiger partial charge in [-0.1, -0.05) is 58.4 Å². The molecule has 0 spiro atoms. The second-order valence-electron chi connectivity index (χ2n) is 4.35. The number of carbonyl (C=O) groups is 1. The zero-order chi connectivity index (χ0) is 13.7. The molecule has 2 aromatic rings. The number of rotatable bonds is 5. The lowest BCUT2D eigenvalue weighted by atomic mass is 9.91. The van der Waals surface area contributed by atoms with Crippen LogP contribution in [0.25, 0.3) is 10.8 Å². The van der Waals surface area contributed by atoms with Gasteiger partial charge in [0.1, 0.15) is 0 Å². The molecule has 0 aliphatic rings. The van der Waals surface area contributed by atoms with E-state index in [-0.39, 0.29) is 11.9 Å². The van der Waals surface area contributed by atoms with Crippen LogP contribution in [0.1, 0.15) is 24.8 Å². The van der Waals surface area contributed by atoms with Crippen LogP contribution in [0.2, 0.25) is 0 Å². The molecule has 1 atom stereocenters. The number of ether oxygens (including phenoxy) is 1. The Bertz CT molecular complexity index is 560. The van der Waals surface area contributed by atoms with Crippen molar-refractivity contribution >= 4 is 32.7 Å². The van der Waals surface area contributed by atoms with Crippen LogP contribution in [0.5, 0.6) is 0 Å². The van der Waals surface area contributed by atoms with Crippen LogP contribution in [0.4, 0.5) is 0 Å². The van der Waals surface area contributed by atoms with Gasteiger partial charge >= 0.3 is 5.97 Å². The highest BCUT2D eigenvalue weighted by Gasteiger charge is 2.22. The molecule has 3 heteroatoms. The summed E-state index contributed by atoms with van der Waals surface area (Å²) in [5.41, 5.74) is 1.05. The number of carbonyl (C=O) groups excluding carboxylic acids is 1. The molecule has 0 fully saturated rings. The summed E-state index contributed by atoms with van der Waals surface area (Å²) >= 11 is 3.42. The third kappa shape index (κ3) is 3.16. The predicted molar refractivity (Wildman–Crippen MR) is 81.7 cm³/mol. The minimum absolute atomic E-state index is 0.140. The van der Waals surface area contributed by atoms with Crippen molar-refractivity contribution < 1.29 is 9.53 Å². The summed E-state index contributed by atoms with van der Waals surface area (Å²) in [5.74, 6) is -0.344. The number of hydrogen-bond donors (Lipinski definition) is 0. The van der Waals surface area contributed by atoms with E-state index in [1.165, 1.54) is 0 Å². The summed E-state index contributed by atoms with van der Waals surface area (Å²) in [7, 11) is 0. The SMILES string of the molecule is CCOC(=O)C(CCBr)c1cccc2ccccc12. The number of halogens is 1. The normalized spacial score (nSPS) is 12.3. The number of fused-ring (bicyclic) bond motifs is 1. The smallest absolute Gasteiger partial charge is 0.313 e. The Morgan fingerprint density at radius 1 is 1.21 bits per heavy atom. The van der Waals surface area contributed by atoms with Gasteiger partial charge in [-0.2, -0.15) is 0 Å². The molecule has 0 bridgehead atoms. The first-order chi connectivity index (χ1) is 9.27. The highest BCUT2D eigenvalue weighted by Crippen LogP contribution is 2.29. The maximum Gasteiger partial charge on any atom is 0.313 e. The highest BCUT2D eigenvalue weighted by molar-refractivity contribution is 9.09. The zero-order valence-corrected chi connectivity index (χ0v) is 12.5. The molecule has 2 nitrogen and oxygen atoms in total. The van der Waals surface area contributed by atoms with Gasteiger partial charge in [0, 0.05) is 5.33 Å². The lowest BCUT2D eigenvalue weighted by Crippen LogP contribution is -2.16. The molecule has 100 valence electrons. The summed E-state index contributed by atoms with van der Waals surface area (Å²) in [6.07, 6.45) is 0.743. The molecule has 0 amide bonds. The van der Waals surface area contributed by atoms with Crippen molar-refractivity contribution in [2.45, 2.75) is 19.3 Å². The van der Waals surface area contributed by atoms with E-state index in [9.17, 15) is 4.79 Å². The van der Waals surface area contributed by atoms with Crippen LogP contribution < -0.4 is 0 Å². The summed E-state index contributed by atoms with van der Waals surface area (Å²) in [6, 6.07) is 14.2. The minimum Gasteiger partial charge on any atom is -0.466 e. The summed E-state index contributed by atoms with van der Waals surface area (Å²) in [4.78, 5) is 12.1. The standard InChI is InChI=1S/C16H17BrO2/c1-2-19-16(18)15(10-11-17)14-9-5-7-12-6-3-4-8-13(12)14/h3-9,15H,2,10-11H2,1H3. The van der Waals surface area contributed by atoms with Gasteiger partial charge in [-0.3, -0.25) is 4.79 Å². The van der Waals surface area contributed by atoms with Gasteiger partial charge in [0.15, 0.2) is 0 Å². The van der Waals surface area contributed by atoms with Crippen LogP contribution in [-0.4, -0.2) is 17.9 Å².